The summed E-state index contributed by atoms with van der Waals surface area (Å²) in [4.78, 5) is 0. The van der Waals surface area contributed by atoms with Crippen molar-refractivity contribution in [2.45, 2.75) is 0 Å². The monoisotopic (exact) mass is 556 g/mol. The van der Waals surface area contributed by atoms with Crippen LogP contribution in [0.2, 0.25) is 0 Å². The minimum absolute atomic E-state index is 1.24. The SMILES string of the molecule is c1ccc(-c2ccccc2-c2ccc3c4ccc(-c5ccccc5-c5ccccc5)c5cccc(c6cccc2c63)c54)cc1. The van der Waals surface area contributed by atoms with Crippen molar-refractivity contribution < 1.29 is 0 Å². The predicted octanol–water partition coefficient (Wildman–Crippen LogP) is 12.4. The Bertz CT molecular complexity index is 2270. The van der Waals surface area contributed by atoms with Gasteiger partial charge in [0, 0.05) is 0 Å². The summed E-state index contributed by atoms with van der Waals surface area (Å²) in [5.74, 6) is 0. The molecule has 44 heavy (non-hydrogen) atoms. The van der Waals surface area contributed by atoms with Gasteiger partial charge in [-0.25, -0.2) is 0 Å². The molecular weight excluding hydrogens is 528 g/mol. The summed E-state index contributed by atoms with van der Waals surface area (Å²) in [6.07, 6.45) is 0. The molecule has 0 bridgehead atoms. The van der Waals surface area contributed by atoms with Gasteiger partial charge in [0.25, 0.3) is 0 Å². The van der Waals surface area contributed by atoms with Crippen molar-refractivity contribution >= 4 is 43.1 Å². The lowest BCUT2D eigenvalue weighted by Gasteiger charge is -2.20. The van der Waals surface area contributed by atoms with Crippen LogP contribution in [0.15, 0.2) is 170 Å². The maximum atomic E-state index is 2.35. The van der Waals surface area contributed by atoms with Gasteiger partial charge in [-0.1, -0.05) is 170 Å². The number of benzene rings is 9. The van der Waals surface area contributed by atoms with Crippen molar-refractivity contribution in [3.63, 3.8) is 0 Å². The molecule has 9 aromatic carbocycles. The Morgan fingerprint density at radius 2 is 0.523 bits per heavy atom. The van der Waals surface area contributed by atoms with Crippen LogP contribution in [-0.2, 0) is 0 Å². The minimum Gasteiger partial charge on any atom is -0.0622 e. The van der Waals surface area contributed by atoms with E-state index in [9.17, 15) is 0 Å². The van der Waals surface area contributed by atoms with Gasteiger partial charge >= 0.3 is 0 Å². The first-order valence-electron chi connectivity index (χ1n) is 15.3. The van der Waals surface area contributed by atoms with Gasteiger partial charge in [-0.15, -0.1) is 0 Å². The Labute approximate surface area is 256 Å². The van der Waals surface area contributed by atoms with Gasteiger partial charge in [-0.3, -0.25) is 0 Å². The van der Waals surface area contributed by atoms with Crippen molar-refractivity contribution in [2.75, 3.05) is 0 Å². The molecular formula is C44H28. The van der Waals surface area contributed by atoms with Gasteiger partial charge in [-0.05, 0) is 87.6 Å². The fourth-order valence-electron chi connectivity index (χ4n) is 7.36. The first-order chi connectivity index (χ1) is 21.9. The van der Waals surface area contributed by atoms with Gasteiger partial charge in [-0.2, -0.15) is 0 Å². The molecule has 0 aromatic heterocycles. The molecule has 0 fully saturated rings. The van der Waals surface area contributed by atoms with E-state index in [1.807, 2.05) is 0 Å². The van der Waals surface area contributed by atoms with E-state index in [-0.39, 0.29) is 0 Å². The number of fused-ring (bicyclic) bond motifs is 2. The van der Waals surface area contributed by atoms with Crippen LogP contribution in [0.25, 0.3) is 87.6 Å². The molecule has 0 saturated carbocycles. The van der Waals surface area contributed by atoms with Crippen molar-refractivity contribution in [3.8, 4) is 44.5 Å². The van der Waals surface area contributed by atoms with Crippen molar-refractivity contribution in [1.29, 1.82) is 0 Å². The van der Waals surface area contributed by atoms with E-state index < -0.39 is 0 Å². The molecule has 0 aliphatic rings. The van der Waals surface area contributed by atoms with E-state index in [0.29, 0.717) is 0 Å². The minimum atomic E-state index is 1.24. The van der Waals surface area contributed by atoms with E-state index in [1.54, 1.807) is 0 Å². The van der Waals surface area contributed by atoms with E-state index >= 15 is 0 Å². The largest absolute Gasteiger partial charge is 0.0622 e. The van der Waals surface area contributed by atoms with Crippen LogP contribution in [0.5, 0.6) is 0 Å². The Kier molecular flexibility index (Phi) is 5.61. The third-order valence-corrected chi connectivity index (χ3v) is 9.27. The van der Waals surface area contributed by atoms with Gasteiger partial charge in [0.15, 0.2) is 0 Å². The summed E-state index contributed by atoms with van der Waals surface area (Å²) < 4.78 is 0. The average molecular weight is 557 g/mol. The average Bonchev–Trinajstić information content (AvgIpc) is 3.11. The first kappa shape index (κ1) is 24.8. The standard InChI is InChI=1S/C44H28/c1-3-13-29(14-4-1)31-17-7-9-19-33(31)35-25-27-41-42-28-26-36(34-20-10-8-18-32(34)30-15-5-2-6-16-30)38-22-12-24-40(44(38)42)39-23-11-21-37(35)43(39)41/h1-28H. The Hall–Kier alpha value is -5.72. The third-order valence-electron chi connectivity index (χ3n) is 9.27. The molecule has 0 heterocycles. The maximum Gasteiger partial charge on any atom is -0.00201 e. The van der Waals surface area contributed by atoms with Gasteiger partial charge in [0.1, 0.15) is 0 Å². The summed E-state index contributed by atoms with van der Waals surface area (Å²) in [7, 11) is 0. The molecule has 204 valence electrons. The maximum absolute atomic E-state index is 2.35. The number of hydrogen-bond donors (Lipinski definition) is 0. The van der Waals surface area contributed by atoms with Crippen LogP contribution in [-0.4, -0.2) is 0 Å². The van der Waals surface area contributed by atoms with Crippen LogP contribution in [0.4, 0.5) is 0 Å². The molecule has 0 spiro atoms. The lowest BCUT2D eigenvalue weighted by molar-refractivity contribution is 1.60. The van der Waals surface area contributed by atoms with Gasteiger partial charge < -0.3 is 0 Å². The van der Waals surface area contributed by atoms with Crippen molar-refractivity contribution in [2.24, 2.45) is 0 Å². The zero-order valence-electron chi connectivity index (χ0n) is 24.2. The summed E-state index contributed by atoms with van der Waals surface area (Å²) in [6.45, 7) is 0. The van der Waals surface area contributed by atoms with E-state index in [4.69, 9.17) is 0 Å². The highest BCUT2D eigenvalue weighted by molar-refractivity contribution is 6.35. The molecule has 0 aliphatic heterocycles. The third kappa shape index (κ3) is 3.71. The molecule has 0 saturated heterocycles. The zero-order chi connectivity index (χ0) is 29.0. The Morgan fingerprint density at radius 3 is 0.955 bits per heavy atom. The highest BCUT2D eigenvalue weighted by atomic mass is 14.2. The lowest BCUT2D eigenvalue weighted by Crippen LogP contribution is -1.92. The smallest absolute Gasteiger partial charge is 0.00201 e. The number of rotatable bonds is 4. The topological polar surface area (TPSA) is 0 Å². The van der Waals surface area contributed by atoms with Crippen LogP contribution >= 0.6 is 0 Å². The number of hydrogen-bond acceptors (Lipinski definition) is 0. The van der Waals surface area contributed by atoms with Gasteiger partial charge in [0.2, 0.25) is 0 Å². The van der Waals surface area contributed by atoms with Crippen molar-refractivity contribution in [1.82, 2.24) is 0 Å². The Morgan fingerprint density at radius 1 is 0.182 bits per heavy atom. The molecule has 9 aromatic rings. The molecule has 0 unspecified atom stereocenters. The van der Waals surface area contributed by atoms with Crippen molar-refractivity contribution in [3.05, 3.63) is 170 Å². The van der Waals surface area contributed by atoms with Crippen LogP contribution < -0.4 is 0 Å². The summed E-state index contributed by atoms with van der Waals surface area (Å²) in [6, 6.07) is 62.1. The molecule has 0 aliphatic carbocycles. The molecule has 0 radical (unpaired) electrons. The highest BCUT2D eigenvalue weighted by Gasteiger charge is 2.19. The predicted molar refractivity (Wildman–Crippen MR) is 189 cm³/mol. The fraction of sp³-hybridized carbons (Fsp3) is 0. The molecule has 9 rings (SSSR count). The van der Waals surface area contributed by atoms with E-state index in [0.717, 1.165) is 0 Å². The molecule has 0 atom stereocenters. The quantitative estimate of drug-likeness (QED) is 0.149. The first-order valence-corrected chi connectivity index (χ1v) is 15.3. The van der Waals surface area contributed by atoms with E-state index in [1.165, 1.54) is 87.6 Å². The molecule has 0 heteroatoms. The van der Waals surface area contributed by atoms with Crippen LogP contribution in [0, 0.1) is 0 Å². The second-order valence-corrected chi connectivity index (χ2v) is 11.6. The van der Waals surface area contributed by atoms with E-state index in [2.05, 4.69) is 170 Å². The molecule has 0 N–H and O–H groups in total. The normalized spacial score (nSPS) is 11.6. The molecule has 0 nitrogen and oxygen atoms in total. The Balaban J connectivity index is 1.34. The second-order valence-electron chi connectivity index (χ2n) is 11.6. The summed E-state index contributed by atoms with van der Waals surface area (Å²) in [5, 5.41) is 10.5. The van der Waals surface area contributed by atoms with Crippen LogP contribution in [0.1, 0.15) is 0 Å². The summed E-state index contributed by atoms with van der Waals surface area (Å²) >= 11 is 0. The second kappa shape index (κ2) is 9.93. The van der Waals surface area contributed by atoms with Crippen LogP contribution in [0.3, 0.4) is 0 Å². The zero-order valence-corrected chi connectivity index (χ0v) is 24.2. The highest BCUT2D eigenvalue weighted by Crippen LogP contribution is 2.47. The van der Waals surface area contributed by atoms with Gasteiger partial charge in [0.05, 0.1) is 0 Å². The fourth-order valence-corrected chi connectivity index (χ4v) is 7.36. The summed E-state index contributed by atoms with van der Waals surface area (Å²) in [5.41, 5.74) is 10.1. The lowest BCUT2D eigenvalue weighted by atomic mass is 9.83. The molecule has 0 amide bonds.